The van der Waals surface area contributed by atoms with Crippen molar-refractivity contribution < 1.29 is 38.4 Å². The number of aliphatic hydroxyl groups is 1. The van der Waals surface area contributed by atoms with Crippen molar-refractivity contribution in [3.63, 3.8) is 0 Å². The van der Waals surface area contributed by atoms with Crippen LogP contribution in [-0.2, 0) is 23.7 Å². The van der Waals surface area contributed by atoms with E-state index in [1.807, 2.05) is 0 Å². The third-order valence-electron chi connectivity index (χ3n) is 4.06. The molecule has 1 aromatic rings. The monoisotopic (exact) mass is 364 g/mol. The number of rotatable bonds is 6. The highest BCUT2D eigenvalue weighted by Crippen LogP contribution is 2.33. The van der Waals surface area contributed by atoms with Crippen LogP contribution in [0.1, 0.15) is 24.2 Å². The maximum Gasteiger partial charge on any atom is 0.378 e. The van der Waals surface area contributed by atoms with Gasteiger partial charge in [0.15, 0.2) is 30.0 Å². The van der Waals surface area contributed by atoms with Crippen molar-refractivity contribution in [2.75, 3.05) is 20.3 Å². The Hall–Kier alpha value is -2.58. The highest BCUT2D eigenvalue weighted by molar-refractivity contribution is 5.97. The fourth-order valence-corrected chi connectivity index (χ4v) is 2.72. The molecule has 0 aliphatic carbocycles. The zero-order valence-electron chi connectivity index (χ0n) is 14.7. The van der Waals surface area contributed by atoms with Gasteiger partial charge in [-0.2, -0.15) is 0 Å². The van der Waals surface area contributed by atoms with Gasteiger partial charge in [0.1, 0.15) is 11.9 Å². The molecule has 1 fully saturated rings. The lowest BCUT2D eigenvalue weighted by molar-refractivity contribution is -0.163. The lowest BCUT2D eigenvalue weighted by atomic mass is 10.1. The molecular weight excluding hydrogens is 344 g/mol. The van der Waals surface area contributed by atoms with E-state index < -0.39 is 29.7 Å². The van der Waals surface area contributed by atoms with E-state index in [2.05, 4.69) is 0 Å². The Morgan fingerprint density at radius 3 is 2.58 bits per heavy atom. The Morgan fingerprint density at radius 2 is 2.00 bits per heavy atom. The van der Waals surface area contributed by atoms with Crippen LogP contribution in [0.2, 0.25) is 0 Å². The molecule has 0 radical (unpaired) electrons. The number of hydrogen-bond donors (Lipinski definition) is 1. The molecular formula is C18H20O8. The van der Waals surface area contributed by atoms with E-state index in [1.54, 1.807) is 38.1 Å². The second-order valence-corrected chi connectivity index (χ2v) is 6.35. The number of carbonyl (C=O) groups excluding carboxylic acids is 2. The minimum atomic E-state index is -0.965. The average molecular weight is 364 g/mol. The predicted molar refractivity (Wildman–Crippen MR) is 87.7 cm³/mol. The van der Waals surface area contributed by atoms with Gasteiger partial charge in [-0.25, -0.2) is 4.79 Å². The zero-order valence-corrected chi connectivity index (χ0v) is 14.7. The number of aliphatic hydroxyl groups excluding tert-OH is 1. The van der Waals surface area contributed by atoms with Crippen LogP contribution in [0.3, 0.4) is 0 Å². The molecule has 0 bridgehead atoms. The van der Waals surface area contributed by atoms with Crippen LogP contribution in [0.4, 0.5) is 0 Å². The molecule has 3 rings (SSSR count). The van der Waals surface area contributed by atoms with Crippen molar-refractivity contribution in [3.8, 4) is 5.75 Å². The molecule has 2 heterocycles. The Balaban J connectivity index is 1.68. The van der Waals surface area contributed by atoms with Gasteiger partial charge in [0, 0.05) is 5.56 Å². The van der Waals surface area contributed by atoms with Crippen molar-refractivity contribution in [2.24, 2.45) is 0 Å². The molecule has 8 nitrogen and oxygen atoms in total. The Labute approximate surface area is 150 Å². The SMILES string of the molecule is COc1ccc(C(=O)COC2=C(O)C(=O)O[C@@H]2[C@@H]2COC(C)(C)O2)cc1. The van der Waals surface area contributed by atoms with Gasteiger partial charge in [0.05, 0.1) is 13.7 Å². The van der Waals surface area contributed by atoms with E-state index in [-0.39, 0.29) is 24.8 Å². The first-order valence-corrected chi connectivity index (χ1v) is 8.06. The molecule has 8 heteroatoms. The smallest absolute Gasteiger partial charge is 0.378 e. The molecule has 140 valence electrons. The first-order valence-electron chi connectivity index (χ1n) is 8.06. The lowest BCUT2D eigenvalue weighted by Gasteiger charge is -2.21. The average Bonchev–Trinajstić information content (AvgIpc) is 3.12. The summed E-state index contributed by atoms with van der Waals surface area (Å²) in [7, 11) is 1.53. The maximum absolute atomic E-state index is 12.3. The lowest BCUT2D eigenvalue weighted by Crippen LogP contribution is -2.33. The van der Waals surface area contributed by atoms with Gasteiger partial charge in [-0.05, 0) is 38.1 Å². The quantitative estimate of drug-likeness (QED) is 0.602. The topological polar surface area (TPSA) is 101 Å². The van der Waals surface area contributed by atoms with E-state index >= 15 is 0 Å². The zero-order chi connectivity index (χ0) is 18.9. The Kier molecular flexibility index (Phi) is 4.88. The van der Waals surface area contributed by atoms with Gasteiger partial charge < -0.3 is 28.8 Å². The molecule has 2 atom stereocenters. The van der Waals surface area contributed by atoms with Gasteiger partial charge in [0.25, 0.3) is 0 Å². The maximum atomic E-state index is 12.3. The van der Waals surface area contributed by atoms with Crippen molar-refractivity contribution in [1.82, 2.24) is 0 Å². The largest absolute Gasteiger partial charge is 0.499 e. The summed E-state index contributed by atoms with van der Waals surface area (Å²) in [6.07, 6.45) is -1.60. The summed E-state index contributed by atoms with van der Waals surface area (Å²) in [6, 6.07) is 6.51. The number of carbonyl (C=O) groups is 2. The van der Waals surface area contributed by atoms with E-state index in [0.717, 1.165) is 0 Å². The first kappa shape index (κ1) is 18.2. The van der Waals surface area contributed by atoms with E-state index in [1.165, 1.54) is 7.11 Å². The highest BCUT2D eigenvalue weighted by atomic mass is 16.8. The summed E-state index contributed by atoms with van der Waals surface area (Å²) in [5, 5.41) is 9.93. The number of Topliss-reactive ketones (excluding diaryl/α,β-unsaturated/α-hetero) is 1. The van der Waals surface area contributed by atoms with E-state index in [0.29, 0.717) is 11.3 Å². The minimum absolute atomic E-state index is 0.122. The van der Waals surface area contributed by atoms with Crippen LogP contribution in [-0.4, -0.2) is 55.2 Å². The number of methoxy groups -OCH3 is 1. The fourth-order valence-electron chi connectivity index (χ4n) is 2.72. The van der Waals surface area contributed by atoms with Gasteiger partial charge in [-0.1, -0.05) is 0 Å². The predicted octanol–water partition coefficient (Wildman–Crippen LogP) is 1.74. The molecule has 1 aromatic carbocycles. The van der Waals surface area contributed by atoms with Crippen molar-refractivity contribution in [3.05, 3.63) is 41.3 Å². The van der Waals surface area contributed by atoms with Crippen LogP contribution in [0.25, 0.3) is 0 Å². The van der Waals surface area contributed by atoms with Gasteiger partial charge in [0.2, 0.25) is 5.76 Å². The number of benzene rings is 1. The van der Waals surface area contributed by atoms with Gasteiger partial charge in [-0.15, -0.1) is 0 Å². The number of esters is 1. The fraction of sp³-hybridized carbons (Fsp3) is 0.444. The molecule has 0 unspecified atom stereocenters. The third-order valence-corrected chi connectivity index (χ3v) is 4.06. The normalized spacial score (nSPS) is 24.5. The van der Waals surface area contributed by atoms with Crippen LogP contribution >= 0.6 is 0 Å². The summed E-state index contributed by atoms with van der Waals surface area (Å²) in [5.74, 6) is -2.24. The first-order chi connectivity index (χ1) is 12.3. The van der Waals surface area contributed by atoms with Crippen molar-refractivity contribution >= 4 is 11.8 Å². The Bertz CT molecular complexity index is 734. The second kappa shape index (κ2) is 6.97. The Morgan fingerprint density at radius 1 is 1.31 bits per heavy atom. The molecule has 26 heavy (non-hydrogen) atoms. The number of hydrogen-bond acceptors (Lipinski definition) is 8. The molecule has 0 spiro atoms. The highest BCUT2D eigenvalue weighted by Gasteiger charge is 2.47. The van der Waals surface area contributed by atoms with Gasteiger partial charge >= 0.3 is 5.97 Å². The number of ether oxygens (including phenoxy) is 5. The molecule has 1 N–H and O–H groups in total. The second-order valence-electron chi connectivity index (χ2n) is 6.35. The van der Waals surface area contributed by atoms with Crippen LogP contribution in [0.15, 0.2) is 35.8 Å². The summed E-state index contributed by atoms with van der Waals surface area (Å²) in [6.45, 7) is 3.25. The van der Waals surface area contributed by atoms with Crippen LogP contribution in [0.5, 0.6) is 5.75 Å². The summed E-state index contributed by atoms with van der Waals surface area (Å²) < 4.78 is 26.7. The molecule has 2 aliphatic heterocycles. The summed E-state index contributed by atoms with van der Waals surface area (Å²) >= 11 is 0. The number of cyclic esters (lactones) is 1. The third kappa shape index (κ3) is 3.66. The standard InChI is InChI=1S/C18H20O8/c1-18(2)24-9-13(26-18)15-16(14(20)17(21)25-15)23-8-12(19)10-4-6-11(22-3)7-5-10/h4-7,13,15,20H,8-9H2,1-3H3/t13-,15+/m0/s1. The van der Waals surface area contributed by atoms with Crippen molar-refractivity contribution in [1.29, 1.82) is 0 Å². The van der Waals surface area contributed by atoms with Crippen LogP contribution in [0, 0.1) is 0 Å². The molecule has 0 aromatic heterocycles. The van der Waals surface area contributed by atoms with Gasteiger partial charge in [-0.3, -0.25) is 4.79 Å². The molecule has 1 saturated heterocycles. The summed E-state index contributed by atoms with van der Waals surface area (Å²) in [5.41, 5.74) is 0.411. The molecule has 2 aliphatic rings. The number of ketones is 1. The van der Waals surface area contributed by atoms with Crippen LogP contribution < -0.4 is 4.74 Å². The summed E-state index contributed by atoms with van der Waals surface area (Å²) in [4.78, 5) is 24.0. The van der Waals surface area contributed by atoms with E-state index in [9.17, 15) is 14.7 Å². The molecule has 0 saturated carbocycles. The minimum Gasteiger partial charge on any atom is -0.499 e. The van der Waals surface area contributed by atoms with E-state index in [4.69, 9.17) is 23.7 Å². The molecule has 0 amide bonds. The van der Waals surface area contributed by atoms with Crippen molar-refractivity contribution in [2.45, 2.75) is 31.8 Å².